The largest absolute Gasteiger partial charge is 0.344 e. The molecule has 0 saturated heterocycles. The van der Waals surface area contributed by atoms with E-state index in [2.05, 4.69) is 65.7 Å². The number of nitrogens with zero attached hydrogens (tertiary/aromatic N) is 1. The lowest BCUT2D eigenvalue weighted by atomic mass is 10.2. The maximum Gasteiger partial charge on any atom is 0.166 e. The highest BCUT2D eigenvalue weighted by molar-refractivity contribution is 7.58. The fourth-order valence-corrected chi connectivity index (χ4v) is 28.7. The molecule has 0 aliphatic carbocycles. The van der Waals surface area contributed by atoms with Crippen LogP contribution in [0, 0.1) is 0 Å². The topological polar surface area (TPSA) is 29.3 Å². The van der Waals surface area contributed by atoms with E-state index in [-0.39, 0.29) is 9.04 Å². The molecule has 0 rings (SSSR count). The van der Waals surface area contributed by atoms with Gasteiger partial charge in [-0.1, -0.05) is 66.7 Å². The molecule has 5 heteroatoms. The molecule has 3 atom stereocenters. The molecule has 2 N–H and O–H groups in total. The van der Waals surface area contributed by atoms with Gasteiger partial charge in [-0.05, 0) is 12.8 Å². The van der Waals surface area contributed by atoms with Gasteiger partial charge in [0.2, 0.25) is 0 Å². The first-order valence-electron chi connectivity index (χ1n) is 8.08. The molecule has 0 bridgehead atoms. The molecule has 0 aliphatic rings. The molecule has 0 heterocycles. The molecule has 0 aliphatic heterocycles. The minimum absolute atomic E-state index is 0.188. The summed E-state index contributed by atoms with van der Waals surface area (Å²) in [4.78, 5) is 0. The molecule has 3 unspecified atom stereocenters. The Labute approximate surface area is 126 Å². The first kappa shape index (κ1) is 19.6. The van der Waals surface area contributed by atoms with E-state index in [1.54, 1.807) is 0 Å². The highest BCUT2D eigenvalue weighted by Crippen LogP contribution is 2.27. The molecule has 0 radical (unpaired) electrons. The Morgan fingerprint density at radius 3 is 1.53 bits per heavy atom. The highest BCUT2D eigenvalue weighted by Gasteiger charge is 2.50. The van der Waals surface area contributed by atoms with Gasteiger partial charge in [0.15, 0.2) is 7.43 Å². The van der Waals surface area contributed by atoms with Crippen molar-refractivity contribution in [2.75, 3.05) is 0 Å². The second kappa shape index (κ2) is 7.54. The zero-order valence-corrected chi connectivity index (χ0v) is 18.3. The Morgan fingerprint density at radius 2 is 1.32 bits per heavy atom. The van der Waals surface area contributed by atoms with Crippen LogP contribution in [0.2, 0.25) is 25.2 Å². The molecule has 0 aromatic carbocycles. The summed E-state index contributed by atoms with van der Waals surface area (Å²) in [6.45, 7) is 21.8. The standard InChI is InChI=1S/C14H38N2Si3/c1-10-13(5)16(14(6)11-2)19(15,17-12(3)4)18(7,8)9/h12-14H,10-11,15,17H2,1-9H3. The smallest absolute Gasteiger partial charge is 0.166 e. The lowest BCUT2D eigenvalue weighted by Gasteiger charge is -2.53. The minimum atomic E-state index is -1.70. The number of hydrogen-bond acceptors (Lipinski definition) is 2. The van der Waals surface area contributed by atoms with Crippen LogP contribution in [0.3, 0.4) is 0 Å². The third-order valence-corrected chi connectivity index (χ3v) is 35.8. The highest BCUT2D eigenvalue weighted by atomic mass is 29.6. The Morgan fingerprint density at radius 1 is 0.947 bits per heavy atom. The van der Waals surface area contributed by atoms with Crippen molar-refractivity contribution in [2.45, 2.75) is 91.6 Å². The molecule has 0 fully saturated rings. The lowest BCUT2D eigenvalue weighted by Crippen LogP contribution is -2.82. The zero-order chi connectivity index (χ0) is 15.4. The first-order valence-corrected chi connectivity index (χ1v) is 17.8. The van der Waals surface area contributed by atoms with Gasteiger partial charge in [0, 0.05) is 12.1 Å². The molecule has 2 nitrogen and oxygen atoms in total. The van der Waals surface area contributed by atoms with Crippen molar-refractivity contribution in [3.05, 3.63) is 0 Å². The summed E-state index contributed by atoms with van der Waals surface area (Å²) >= 11 is 0. The Balaban J connectivity index is 5.61. The van der Waals surface area contributed by atoms with E-state index >= 15 is 0 Å². The monoisotopic (exact) mass is 318 g/mol. The van der Waals surface area contributed by atoms with Crippen molar-refractivity contribution in [1.82, 2.24) is 4.57 Å². The van der Waals surface area contributed by atoms with Crippen molar-refractivity contribution in [2.24, 2.45) is 5.40 Å². The second-order valence-electron chi connectivity index (χ2n) is 7.69. The van der Waals surface area contributed by atoms with Gasteiger partial charge in [-0.25, -0.2) is 0 Å². The van der Waals surface area contributed by atoms with Crippen molar-refractivity contribution in [3.63, 3.8) is 0 Å². The van der Waals surface area contributed by atoms with E-state index < -0.39 is 15.0 Å². The predicted molar refractivity (Wildman–Crippen MR) is 98.3 cm³/mol. The predicted octanol–water partition coefficient (Wildman–Crippen LogP) is 3.20. The van der Waals surface area contributed by atoms with Crippen LogP contribution in [0.1, 0.15) is 54.4 Å². The fraction of sp³-hybridized carbons (Fsp3) is 1.00. The van der Waals surface area contributed by atoms with Crippen LogP contribution in [0.25, 0.3) is 0 Å². The van der Waals surface area contributed by atoms with Gasteiger partial charge in [-0.15, -0.1) is 0 Å². The van der Waals surface area contributed by atoms with Crippen molar-refractivity contribution >= 4 is 24.1 Å². The molecule has 116 valence electrons. The van der Waals surface area contributed by atoms with E-state index in [0.717, 1.165) is 5.54 Å². The van der Waals surface area contributed by atoms with Gasteiger partial charge in [0.1, 0.15) is 0 Å². The van der Waals surface area contributed by atoms with E-state index in [1.807, 2.05) is 0 Å². The molecule has 0 aromatic heterocycles. The van der Waals surface area contributed by atoms with Gasteiger partial charge in [-0.3, -0.25) is 0 Å². The van der Waals surface area contributed by atoms with Gasteiger partial charge in [0.05, 0.1) is 16.6 Å². The van der Waals surface area contributed by atoms with Gasteiger partial charge >= 0.3 is 0 Å². The normalized spacial score (nSPS) is 20.2. The molecule has 0 spiro atoms. The quantitative estimate of drug-likeness (QED) is 0.696. The summed E-state index contributed by atoms with van der Waals surface area (Å²) in [7, 11) is -3.18. The van der Waals surface area contributed by atoms with Crippen LogP contribution in [-0.4, -0.2) is 40.7 Å². The fourth-order valence-electron chi connectivity index (χ4n) is 3.04. The molecule has 19 heavy (non-hydrogen) atoms. The minimum Gasteiger partial charge on any atom is -0.344 e. The average Bonchev–Trinajstić information content (AvgIpc) is 2.26. The van der Waals surface area contributed by atoms with E-state index in [4.69, 9.17) is 5.40 Å². The zero-order valence-electron chi connectivity index (χ0n) is 14.9. The summed E-state index contributed by atoms with van der Waals surface area (Å²) in [6.07, 6.45) is 2.46. The van der Waals surface area contributed by atoms with E-state index in [1.165, 1.54) is 12.8 Å². The summed E-state index contributed by atoms with van der Waals surface area (Å²) in [6, 6.07) is 1.31. The molecule has 0 amide bonds. The van der Waals surface area contributed by atoms with Crippen LogP contribution >= 0.6 is 0 Å². The summed E-state index contributed by atoms with van der Waals surface area (Å²) in [5.41, 5.74) is 0.846. The Hall–Kier alpha value is 0.571. The number of rotatable bonds is 8. The Bertz CT molecular complexity index is 256. The summed E-state index contributed by atoms with van der Waals surface area (Å²) in [5.74, 6) is 0. The van der Waals surface area contributed by atoms with Crippen LogP contribution < -0.4 is 5.40 Å². The van der Waals surface area contributed by atoms with Crippen LogP contribution in [0.5, 0.6) is 0 Å². The van der Waals surface area contributed by atoms with Crippen LogP contribution in [0.15, 0.2) is 0 Å². The van der Waals surface area contributed by atoms with Gasteiger partial charge in [-0.2, -0.15) is 0 Å². The van der Waals surface area contributed by atoms with E-state index in [0.29, 0.717) is 12.1 Å². The maximum absolute atomic E-state index is 7.26. The summed E-state index contributed by atoms with van der Waals surface area (Å²) < 4.78 is 2.85. The van der Waals surface area contributed by atoms with Gasteiger partial charge < -0.3 is 9.96 Å². The average molecular weight is 319 g/mol. The molecular weight excluding hydrogens is 280 g/mol. The van der Waals surface area contributed by atoms with Crippen LogP contribution in [0.4, 0.5) is 0 Å². The molecular formula is C14H38N2Si3. The lowest BCUT2D eigenvalue weighted by molar-refractivity contribution is 0.260. The first-order chi connectivity index (χ1) is 8.51. The third kappa shape index (κ3) is 4.81. The number of nitrogens with two attached hydrogens (primary N) is 1. The van der Waals surface area contributed by atoms with Crippen LogP contribution in [-0.2, 0) is 0 Å². The Kier molecular flexibility index (Phi) is 7.77. The maximum atomic E-state index is 7.26. The molecule has 0 saturated carbocycles. The second-order valence-corrected chi connectivity index (χ2v) is 30.3. The van der Waals surface area contributed by atoms with E-state index in [9.17, 15) is 0 Å². The molecule has 0 aromatic rings. The number of hydrogen-bond donors (Lipinski definition) is 1. The van der Waals surface area contributed by atoms with Crippen molar-refractivity contribution in [1.29, 1.82) is 0 Å². The van der Waals surface area contributed by atoms with Gasteiger partial charge in [0.25, 0.3) is 0 Å². The summed E-state index contributed by atoms with van der Waals surface area (Å²) in [5, 5.41) is 7.26. The SMILES string of the molecule is CCC(C)N(C(C)CC)[Si](N)([SiH2]C(C)C)[Si](C)(C)C. The van der Waals surface area contributed by atoms with Crippen molar-refractivity contribution < 1.29 is 0 Å². The third-order valence-electron chi connectivity index (χ3n) is 4.61. The van der Waals surface area contributed by atoms with Crippen molar-refractivity contribution in [3.8, 4) is 0 Å².